The molecule has 0 saturated heterocycles. The Hall–Kier alpha value is -3.42. The molecule has 8 heteroatoms. The molecule has 1 fully saturated rings. The zero-order chi connectivity index (χ0) is 20.3. The van der Waals surface area contributed by atoms with Crippen molar-refractivity contribution in [2.45, 2.75) is 25.8 Å². The number of hydrogen-bond donors (Lipinski definition) is 2. The van der Waals surface area contributed by atoms with Crippen LogP contribution < -0.4 is 10.6 Å². The second kappa shape index (κ2) is 8.08. The monoisotopic (exact) mass is 383 g/mol. The largest absolute Gasteiger partial charge is 0.465 e. The molecule has 3 rings (SSSR count). The summed E-state index contributed by atoms with van der Waals surface area (Å²) >= 11 is 0. The minimum Gasteiger partial charge on any atom is -0.465 e. The number of benzene rings is 2. The van der Waals surface area contributed by atoms with Gasteiger partial charge in [-0.25, -0.2) is 4.79 Å². The minimum absolute atomic E-state index is 0.0557. The summed E-state index contributed by atoms with van der Waals surface area (Å²) in [5.41, 5.74) is 1.85. The van der Waals surface area contributed by atoms with Crippen molar-refractivity contribution in [3.8, 4) is 0 Å². The highest BCUT2D eigenvalue weighted by Gasteiger charge is 2.29. The van der Waals surface area contributed by atoms with Crippen LogP contribution in [0.15, 0.2) is 42.5 Å². The number of esters is 1. The molecule has 0 bridgehead atoms. The van der Waals surface area contributed by atoms with Gasteiger partial charge in [0.2, 0.25) is 5.91 Å². The Bertz CT molecular complexity index is 907. The molecule has 1 amide bonds. The SMILES string of the molecule is COC(=O)c1cc(NC(C)c2ccc(NC(=O)C3CC3)cc2)ccc1[N+](=O)[O-]. The van der Waals surface area contributed by atoms with Crippen LogP contribution in [-0.4, -0.2) is 23.9 Å². The molecule has 0 aliphatic heterocycles. The number of anilines is 2. The number of amides is 1. The fourth-order valence-electron chi connectivity index (χ4n) is 2.84. The standard InChI is InChI=1S/C20H21N3O5/c1-12(13-5-7-15(8-6-13)22-19(24)14-3-4-14)21-16-9-10-18(23(26)27)17(11-16)20(25)28-2/h5-12,14,21H,3-4H2,1-2H3,(H,22,24). The summed E-state index contributed by atoms with van der Waals surface area (Å²) in [7, 11) is 1.18. The van der Waals surface area contributed by atoms with Crippen LogP contribution in [0.4, 0.5) is 17.1 Å². The van der Waals surface area contributed by atoms with Crippen molar-refractivity contribution in [3.05, 3.63) is 63.7 Å². The van der Waals surface area contributed by atoms with Crippen LogP contribution in [-0.2, 0) is 9.53 Å². The van der Waals surface area contributed by atoms with E-state index in [0.717, 1.165) is 24.1 Å². The van der Waals surface area contributed by atoms with Crippen LogP contribution in [0.3, 0.4) is 0 Å². The Labute approximate surface area is 162 Å². The number of nitro groups is 1. The highest BCUT2D eigenvalue weighted by atomic mass is 16.6. The molecule has 1 atom stereocenters. The third-order valence-electron chi connectivity index (χ3n) is 4.61. The summed E-state index contributed by atoms with van der Waals surface area (Å²) < 4.78 is 4.63. The summed E-state index contributed by atoms with van der Waals surface area (Å²) in [6.07, 6.45) is 1.90. The predicted octanol–water partition coefficient (Wildman–Crippen LogP) is 3.90. The molecule has 2 aromatic rings. The Kier molecular flexibility index (Phi) is 5.58. The van der Waals surface area contributed by atoms with E-state index >= 15 is 0 Å². The maximum Gasteiger partial charge on any atom is 0.344 e. The van der Waals surface area contributed by atoms with Gasteiger partial charge in [0, 0.05) is 29.4 Å². The maximum absolute atomic E-state index is 11.8. The molecule has 0 radical (unpaired) electrons. The van der Waals surface area contributed by atoms with E-state index in [1.807, 2.05) is 31.2 Å². The number of hydrogen-bond acceptors (Lipinski definition) is 6. The van der Waals surface area contributed by atoms with Crippen LogP contribution in [0.25, 0.3) is 0 Å². The summed E-state index contributed by atoms with van der Waals surface area (Å²) in [5, 5.41) is 17.2. The lowest BCUT2D eigenvalue weighted by Gasteiger charge is -2.17. The normalized spacial score (nSPS) is 14.1. The number of rotatable bonds is 7. The van der Waals surface area contributed by atoms with Crippen molar-refractivity contribution in [3.63, 3.8) is 0 Å². The molecule has 0 heterocycles. The average molecular weight is 383 g/mol. The molecule has 8 nitrogen and oxygen atoms in total. The topological polar surface area (TPSA) is 111 Å². The van der Waals surface area contributed by atoms with Gasteiger partial charge in [-0.05, 0) is 49.6 Å². The Morgan fingerprint density at radius 3 is 2.36 bits per heavy atom. The van der Waals surface area contributed by atoms with E-state index < -0.39 is 10.9 Å². The zero-order valence-electron chi connectivity index (χ0n) is 15.6. The van der Waals surface area contributed by atoms with Crippen molar-refractivity contribution in [2.75, 3.05) is 17.7 Å². The quantitative estimate of drug-likeness (QED) is 0.426. The summed E-state index contributed by atoms with van der Waals surface area (Å²) in [6.45, 7) is 1.93. The molecular weight excluding hydrogens is 362 g/mol. The van der Waals surface area contributed by atoms with Gasteiger partial charge in [0.05, 0.1) is 12.0 Å². The number of nitrogens with one attached hydrogen (secondary N) is 2. The van der Waals surface area contributed by atoms with Gasteiger partial charge in [-0.2, -0.15) is 0 Å². The van der Waals surface area contributed by atoms with Crippen LogP contribution in [0.1, 0.15) is 41.7 Å². The first-order chi connectivity index (χ1) is 13.4. The number of methoxy groups -OCH3 is 1. The lowest BCUT2D eigenvalue weighted by molar-refractivity contribution is -0.385. The van der Waals surface area contributed by atoms with Gasteiger partial charge < -0.3 is 15.4 Å². The molecule has 0 spiro atoms. The van der Waals surface area contributed by atoms with Gasteiger partial charge in [0.1, 0.15) is 5.56 Å². The van der Waals surface area contributed by atoms with Gasteiger partial charge in [-0.15, -0.1) is 0 Å². The van der Waals surface area contributed by atoms with Gasteiger partial charge in [0.25, 0.3) is 5.69 Å². The van der Waals surface area contributed by atoms with Crippen LogP contribution in [0.5, 0.6) is 0 Å². The van der Waals surface area contributed by atoms with Crippen LogP contribution in [0, 0.1) is 16.0 Å². The van der Waals surface area contributed by atoms with E-state index in [2.05, 4.69) is 15.4 Å². The van der Waals surface area contributed by atoms with Crippen molar-refractivity contribution >= 4 is 28.9 Å². The fourth-order valence-corrected chi connectivity index (χ4v) is 2.84. The van der Waals surface area contributed by atoms with E-state index in [1.54, 1.807) is 6.07 Å². The lowest BCUT2D eigenvalue weighted by atomic mass is 10.1. The van der Waals surface area contributed by atoms with E-state index in [9.17, 15) is 19.7 Å². The number of carbonyl (C=O) groups excluding carboxylic acids is 2. The molecule has 0 aromatic heterocycles. The highest BCUT2D eigenvalue weighted by Crippen LogP contribution is 2.30. The second-order valence-corrected chi connectivity index (χ2v) is 6.73. The van der Waals surface area contributed by atoms with E-state index in [0.29, 0.717) is 5.69 Å². The summed E-state index contributed by atoms with van der Waals surface area (Å²) in [6, 6.07) is 11.6. The molecule has 28 heavy (non-hydrogen) atoms. The third kappa shape index (κ3) is 4.46. The maximum atomic E-state index is 11.8. The van der Waals surface area contributed by atoms with Crippen molar-refractivity contribution < 1.29 is 19.2 Å². The lowest BCUT2D eigenvalue weighted by Crippen LogP contribution is -2.13. The molecule has 2 N–H and O–H groups in total. The van der Waals surface area contributed by atoms with Crippen molar-refractivity contribution in [1.29, 1.82) is 0 Å². The molecule has 146 valence electrons. The van der Waals surface area contributed by atoms with Crippen molar-refractivity contribution in [1.82, 2.24) is 0 Å². The first kappa shape index (κ1) is 19.3. The number of nitrogens with zero attached hydrogens (tertiary/aromatic N) is 1. The fraction of sp³-hybridized carbons (Fsp3) is 0.300. The smallest absolute Gasteiger partial charge is 0.344 e. The van der Waals surface area contributed by atoms with Crippen molar-refractivity contribution in [2.24, 2.45) is 5.92 Å². The Balaban J connectivity index is 1.71. The van der Waals surface area contributed by atoms with Crippen LogP contribution >= 0.6 is 0 Å². The van der Waals surface area contributed by atoms with Gasteiger partial charge >= 0.3 is 5.97 Å². The molecular formula is C20H21N3O5. The van der Waals surface area contributed by atoms with E-state index in [1.165, 1.54) is 19.2 Å². The molecule has 1 unspecified atom stereocenters. The minimum atomic E-state index is -0.765. The number of nitro benzene ring substituents is 1. The van der Waals surface area contributed by atoms with Gasteiger partial charge in [-0.3, -0.25) is 14.9 Å². The zero-order valence-corrected chi connectivity index (χ0v) is 15.6. The van der Waals surface area contributed by atoms with Gasteiger partial charge in [0.15, 0.2) is 0 Å². The Morgan fingerprint density at radius 2 is 1.79 bits per heavy atom. The van der Waals surface area contributed by atoms with E-state index in [4.69, 9.17) is 0 Å². The first-order valence-corrected chi connectivity index (χ1v) is 8.93. The van der Waals surface area contributed by atoms with Crippen LogP contribution in [0.2, 0.25) is 0 Å². The summed E-state index contributed by atoms with van der Waals surface area (Å²) in [4.78, 5) is 34.1. The third-order valence-corrected chi connectivity index (χ3v) is 4.61. The van der Waals surface area contributed by atoms with E-state index in [-0.39, 0.29) is 29.1 Å². The second-order valence-electron chi connectivity index (χ2n) is 6.73. The molecule has 1 aliphatic rings. The predicted molar refractivity (Wildman–Crippen MR) is 104 cm³/mol. The Morgan fingerprint density at radius 1 is 1.14 bits per heavy atom. The molecule has 1 aliphatic carbocycles. The summed E-state index contributed by atoms with van der Waals surface area (Å²) in [5.74, 6) is -0.565. The number of ether oxygens (including phenoxy) is 1. The molecule has 2 aromatic carbocycles. The first-order valence-electron chi connectivity index (χ1n) is 8.93. The molecule has 1 saturated carbocycles. The average Bonchev–Trinajstić information content (AvgIpc) is 3.53. The van der Waals surface area contributed by atoms with Gasteiger partial charge in [-0.1, -0.05) is 12.1 Å². The highest BCUT2D eigenvalue weighted by molar-refractivity contribution is 5.95. The number of carbonyl (C=O) groups is 2.